The van der Waals surface area contributed by atoms with Gasteiger partial charge in [-0.3, -0.25) is 9.59 Å². The van der Waals surface area contributed by atoms with Gasteiger partial charge in [0.1, 0.15) is 0 Å². The van der Waals surface area contributed by atoms with E-state index < -0.39 is 5.97 Å². The average Bonchev–Trinajstić information content (AvgIpc) is 2.35. The minimum atomic E-state index is -1.16. The molecule has 0 aromatic heterocycles. The number of carbonyl (C=O) groups excluding carboxylic acids is 2. The highest BCUT2D eigenvalue weighted by Gasteiger charge is 2.15. The molecule has 0 unspecified atom stereocenters. The average molecular weight is 245 g/mol. The van der Waals surface area contributed by atoms with Crippen LogP contribution in [0.4, 0.5) is 5.69 Å². The fraction of sp³-hybridized carbons (Fsp3) is 0.154. The lowest BCUT2D eigenvalue weighted by Gasteiger charge is -2.16. The first-order chi connectivity index (χ1) is 8.56. The van der Waals surface area contributed by atoms with Gasteiger partial charge < -0.3 is 10.4 Å². The second-order valence-corrected chi connectivity index (χ2v) is 3.96. The topological polar surface area (TPSA) is 83.5 Å². The Hall–Kier alpha value is -2.43. The maximum absolute atomic E-state index is 11.7. The predicted molar refractivity (Wildman–Crippen MR) is 64.5 cm³/mol. The summed E-state index contributed by atoms with van der Waals surface area (Å²) in [5.41, 5.74) is 2.02. The molecule has 0 fully saturated rings. The molecule has 0 atom stereocenters. The zero-order chi connectivity index (χ0) is 13.1. The van der Waals surface area contributed by atoms with Crippen LogP contribution >= 0.6 is 0 Å². The largest absolute Gasteiger partial charge is 0.478 e. The van der Waals surface area contributed by atoms with E-state index in [2.05, 4.69) is 5.32 Å². The molecule has 5 heteroatoms. The standard InChI is InChI=1S/C13H11NO4/c15-11(4-6-13(17)18)9-1-3-10-8(7-9)2-5-12(16)14-10/h1,3-4,6-7H,2,5H2,(H,14,16)(H,17,18). The highest BCUT2D eigenvalue weighted by Crippen LogP contribution is 2.23. The van der Waals surface area contributed by atoms with E-state index in [4.69, 9.17) is 5.11 Å². The first-order valence-corrected chi connectivity index (χ1v) is 5.44. The molecule has 1 heterocycles. The van der Waals surface area contributed by atoms with Crippen LogP contribution in [0.1, 0.15) is 22.3 Å². The molecule has 92 valence electrons. The van der Waals surface area contributed by atoms with E-state index >= 15 is 0 Å². The van der Waals surface area contributed by atoms with E-state index in [1.165, 1.54) is 0 Å². The normalized spacial score (nSPS) is 14.1. The van der Waals surface area contributed by atoms with Crippen LogP contribution in [-0.2, 0) is 16.0 Å². The summed E-state index contributed by atoms with van der Waals surface area (Å²) >= 11 is 0. The number of nitrogens with one attached hydrogen (secondary N) is 1. The molecule has 0 radical (unpaired) electrons. The van der Waals surface area contributed by atoms with E-state index in [0.717, 1.165) is 17.7 Å². The molecule has 18 heavy (non-hydrogen) atoms. The van der Waals surface area contributed by atoms with E-state index in [-0.39, 0.29) is 11.7 Å². The molecule has 0 bridgehead atoms. The van der Waals surface area contributed by atoms with Gasteiger partial charge in [0, 0.05) is 23.7 Å². The highest BCUT2D eigenvalue weighted by atomic mass is 16.4. The molecule has 0 saturated heterocycles. The molecule has 0 spiro atoms. The number of rotatable bonds is 3. The molecule has 5 nitrogen and oxygen atoms in total. The number of amides is 1. The number of carboxylic acids is 1. The van der Waals surface area contributed by atoms with Crippen LogP contribution in [0.25, 0.3) is 0 Å². The van der Waals surface area contributed by atoms with Crippen LogP contribution in [0, 0.1) is 0 Å². The fourth-order valence-corrected chi connectivity index (χ4v) is 1.78. The van der Waals surface area contributed by atoms with Gasteiger partial charge in [0.15, 0.2) is 5.78 Å². The molecule has 2 rings (SSSR count). The van der Waals surface area contributed by atoms with Gasteiger partial charge in [-0.25, -0.2) is 4.79 Å². The quantitative estimate of drug-likeness (QED) is 0.622. The number of allylic oxidation sites excluding steroid dienone is 1. The molecule has 2 N–H and O–H groups in total. The summed E-state index contributed by atoms with van der Waals surface area (Å²) in [4.78, 5) is 33.1. The van der Waals surface area contributed by atoms with Crippen LogP contribution in [-0.4, -0.2) is 22.8 Å². The van der Waals surface area contributed by atoms with Gasteiger partial charge in [-0.05, 0) is 36.3 Å². The van der Waals surface area contributed by atoms with Gasteiger partial charge in [0.25, 0.3) is 0 Å². The highest BCUT2D eigenvalue weighted by molar-refractivity contribution is 6.07. The van der Waals surface area contributed by atoms with E-state index in [9.17, 15) is 14.4 Å². The number of hydrogen-bond donors (Lipinski definition) is 2. The molecule has 0 saturated carbocycles. The third-order valence-electron chi connectivity index (χ3n) is 2.66. The zero-order valence-corrected chi connectivity index (χ0v) is 9.47. The van der Waals surface area contributed by atoms with Gasteiger partial charge >= 0.3 is 5.97 Å². The van der Waals surface area contributed by atoms with E-state index in [0.29, 0.717) is 24.1 Å². The number of carbonyl (C=O) groups is 3. The van der Waals surface area contributed by atoms with Crippen molar-refractivity contribution in [1.82, 2.24) is 0 Å². The Kier molecular flexibility index (Phi) is 3.23. The van der Waals surface area contributed by atoms with Crippen molar-refractivity contribution in [2.45, 2.75) is 12.8 Å². The summed E-state index contributed by atoms with van der Waals surface area (Å²) in [6.07, 6.45) is 2.82. The number of fused-ring (bicyclic) bond motifs is 1. The summed E-state index contributed by atoms with van der Waals surface area (Å²) in [7, 11) is 0. The van der Waals surface area contributed by atoms with Crippen molar-refractivity contribution in [2.75, 3.05) is 5.32 Å². The second kappa shape index (κ2) is 4.83. The summed E-state index contributed by atoms with van der Waals surface area (Å²) < 4.78 is 0. The predicted octanol–water partition coefficient (Wildman–Crippen LogP) is 1.39. The van der Waals surface area contributed by atoms with Crippen LogP contribution in [0.5, 0.6) is 0 Å². The third kappa shape index (κ3) is 2.63. The van der Waals surface area contributed by atoms with Crippen molar-refractivity contribution in [2.24, 2.45) is 0 Å². The van der Waals surface area contributed by atoms with Crippen LogP contribution < -0.4 is 5.32 Å². The van der Waals surface area contributed by atoms with Gasteiger partial charge in [-0.2, -0.15) is 0 Å². The summed E-state index contributed by atoms with van der Waals surface area (Å²) in [5, 5.41) is 11.2. The molecular formula is C13H11NO4. The number of benzene rings is 1. The van der Waals surface area contributed by atoms with Crippen molar-refractivity contribution >= 4 is 23.3 Å². The number of hydrogen-bond acceptors (Lipinski definition) is 3. The van der Waals surface area contributed by atoms with Crippen LogP contribution in [0.15, 0.2) is 30.4 Å². The number of carboxylic acid groups (broad SMARTS) is 1. The second-order valence-electron chi connectivity index (χ2n) is 3.96. The Morgan fingerprint density at radius 3 is 2.72 bits per heavy atom. The van der Waals surface area contributed by atoms with E-state index in [1.54, 1.807) is 18.2 Å². The third-order valence-corrected chi connectivity index (χ3v) is 2.66. The maximum Gasteiger partial charge on any atom is 0.328 e. The number of anilines is 1. The maximum atomic E-state index is 11.7. The Morgan fingerprint density at radius 1 is 1.22 bits per heavy atom. The monoisotopic (exact) mass is 245 g/mol. The lowest BCUT2D eigenvalue weighted by Crippen LogP contribution is -2.19. The Bertz CT molecular complexity index is 560. The number of aliphatic carboxylic acids is 1. The first kappa shape index (κ1) is 12.0. The molecular weight excluding hydrogens is 234 g/mol. The van der Waals surface area contributed by atoms with Gasteiger partial charge in [-0.15, -0.1) is 0 Å². The Balaban J connectivity index is 2.24. The Labute approximate surface area is 103 Å². The molecule has 1 aromatic rings. The SMILES string of the molecule is O=C(O)C=CC(=O)c1ccc2c(c1)CCC(=O)N2. The minimum Gasteiger partial charge on any atom is -0.478 e. The van der Waals surface area contributed by atoms with Gasteiger partial charge in [-0.1, -0.05) is 0 Å². The van der Waals surface area contributed by atoms with Crippen LogP contribution in [0.3, 0.4) is 0 Å². The molecule has 1 aromatic carbocycles. The van der Waals surface area contributed by atoms with Crippen molar-refractivity contribution in [3.63, 3.8) is 0 Å². The van der Waals surface area contributed by atoms with E-state index in [1.807, 2.05) is 0 Å². The molecule has 1 amide bonds. The van der Waals surface area contributed by atoms with Crippen molar-refractivity contribution in [1.29, 1.82) is 0 Å². The fourth-order valence-electron chi connectivity index (χ4n) is 1.78. The summed E-state index contributed by atoms with van der Waals surface area (Å²) in [6, 6.07) is 4.91. The van der Waals surface area contributed by atoms with Crippen molar-refractivity contribution < 1.29 is 19.5 Å². The molecule has 1 aliphatic heterocycles. The lowest BCUT2D eigenvalue weighted by atomic mass is 9.99. The molecule has 1 aliphatic rings. The molecule has 0 aliphatic carbocycles. The van der Waals surface area contributed by atoms with Crippen LogP contribution in [0.2, 0.25) is 0 Å². The smallest absolute Gasteiger partial charge is 0.328 e. The first-order valence-electron chi connectivity index (χ1n) is 5.44. The Morgan fingerprint density at radius 2 is 2.00 bits per heavy atom. The number of aryl methyl sites for hydroxylation is 1. The van der Waals surface area contributed by atoms with Gasteiger partial charge in [0.2, 0.25) is 5.91 Å². The van der Waals surface area contributed by atoms with Gasteiger partial charge in [0.05, 0.1) is 0 Å². The van der Waals surface area contributed by atoms with Crippen molar-refractivity contribution in [3.8, 4) is 0 Å². The van der Waals surface area contributed by atoms with Crippen molar-refractivity contribution in [3.05, 3.63) is 41.5 Å². The lowest BCUT2D eigenvalue weighted by molar-refractivity contribution is -0.131. The number of ketones is 1. The zero-order valence-electron chi connectivity index (χ0n) is 9.47. The summed E-state index contributed by atoms with van der Waals surface area (Å²) in [6.45, 7) is 0. The minimum absolute atomic E-state index is 0.0349. The summed E-state index contributed by atoms with van der Waals surface area (Å²) in [5.74, 6) is -1.56.